The first kappa shape index (κ1) is 13.1. The molecule has 0 aliphatic carbocycles. The Hall–Kier alpha value is -1.89. The Labute approximate surface area is 120 Å². The molecule has 20 heavy (non-hydrogen) atoms. The van der Waals surface area contributed by atoms with Crippen molar-refractivity contribution in [2.45, 2.75) is 6.43 Å². The van der Waals surface area contributed by atoms with E-state index < -0.39 is 17.8 Å². The molecule has 0 amide bonds. The molecule has 102 valence electrons. The number of nitrogens with one attached hydrogen (secondary N) is 1. The molecule has 0 saturated carbocycles. The van der Waals surface area contributed by atoms with Crippen LogP contribution in [0.5, 0.6) is 0 Å². The second-order valence-electron chi connectivity index (χ2n) is 4.17. The van der Waals surface area contributed by atoms with Gasteiger partial charge in [-0.1, -0.05) is 6.07 Å². The lowest BCUT2D eigenvalue weighted by molar-refractivity contribution is 0.146. The fraction of sp³-hybridized carbons (Fsp3) is 0.0769. The first-order chi connectivity index (χ1) is 9.56. The van der Waals surface area contributed by atoms with E-state index in [-0.39, 0.29) is 0 Å². The van der Waals surface area contributed by atoms with E-state index in [4.69, 9.17) is 0 Å². The van der Waals surface area contributed by atoms with E-state index in [0.29, 0.717) is 26.8 Å². The highest BCUT2D eigenvalue weighted by Crippen LogP contribution is 2.29. The fourth-order valence-electron chi connectivity index (χ4n) is 1.92. The highest BCUT2D eigenvalue weighted by molar-refractivity contribution is 9.10. The molecule has 3 nitrogen and oxygen atoms in total. The van der Waals surface area contributed by atoms with Gasteiger partial charge in [-0.3, -0.25) is 10.1 Å². The molecular weight excluding hydrogens is 335 g/mol. The van der Waals surface area contributed by atoms with Crippen molar-refractivity contribution in [2.24, 2.45) is 0 Å². The van der Waals surface area contributed by atoms with E-state index >= 15 is 0 Å². The van der Waals surface area contributed by atoms with E-state index in [1.807, 2.05) is 0 Å². The molecule has 0 atom stereocenters. The number of alkyl halides is 2. The summed E-state index contributed by atoms with van der Waals surface area (Å²) >= 11 is 3.26. The second-order valence-corrected chi connectivity index (χ2v) is 4.96. The van der Waals surface area contributed by atoms with Gasteiger partial charge in [-0.05, 0) is 39.7 Å². The summed E-state index contributed by atoms with van der Waals surface area (Å²) in [4.78, 5) is 4.19. The van der Waals surface area contributed by atoms with Crippen LogP contribution in [0.1, 0.15) is 12.0 Å². The maximum atomic E-state index is 13.3. The lowest BCUT2D eigenvalue weighted by atomic mass is 10.0. The summed E-state index contributed by atoms with van der Waals surface area (Å²) in [6.07, 6.45) is -1.32. The minimum absolute atomic E-state index is 0.468. The van der Waals surface area contributed by atoms with Crippen LogP contribution in [-0.2, 0) is 0 Å². The number of fused-ring (bicyclic) bond motifs is 1. The van der Waals surface area contributed by atoms with Crippen LogP contribution in [0, 0.1) is 5.82 Å². The Morgan fingerprint density at radius 2 is 1.95 bits per heavy atom. The number of H-pyrrole nitrogens is 1. The Morgan fingerprint density at radius 1 is 1.15 bits per heavy atom. The SMILES string of the molecule is Fc1ccc(-c2cnc3c(Br)[nH]nc3c2)cc1C(F)F. The van der Waals surface area contributed by atoms with E-state index in [0.717, 1.165) is 12.1 Å². The van der Waals surface area contributed by atoms with Crippen molar-refractivity contribution in [3.63, 3.8) is 0 Å². The van der Waals surface area contributed by atoms with Crippen LogP contribution in [0.25, 0.3) is 22.2 Å². The third-order valence-corrected chi connectivity index (χ3v) is 3.47. The van der Waals surface area contributed by atoms with Crippen LogP contribution in [0.4, 0.5) is 13.2 Å². The molecular formula is C13H7BrF3N3. The van der Waals surface area contributed by atoms with E-state index in [1.54, 1.807) is 6.07 Å². The van der Waals surface area contributed by atoms with E-state index in [9.17, 15) is 13.2 Å². The number of pyridine rings is 1. The second kappa shape index (κ2) is 4.90. The first-order valence-corrected chi connectivity index (χ1v) is 6.43. The minimum Gasteiger partial charge on any atom is -0.269 e. The molecule has 0 radical (unpaired) electrons. The van der Waals surface area contributed by atoms with Crippen molar-refractivity contribution >= 4 is 27.0 Å². The zero-order valence-electron chi connectivity index (χ0n) is 9.87. The molecule has 0 spiro atoms. The Kier molecular flexibility index (Phi) is 3.21. The van der Waals surface area contributed by atoms with Gasteiger partial charge in [0, 0.05) is 11.8 Å². The lowest BCUT2D eigenvalue weighted by Gasteiger charge is -2.06. The summed E-state index contributed by atoms with van der Waals surface area (Å²) in [7, 11) is 0. The predicted molar refractivity (Wildman–Crippen MR) is 71.9 cm³/mol. The number of halogens is 4. The Balaban J connectivity index is 2.12. The van der Waals surface area contributed by atoms with Crippen LogP contribution in [0.2, 0.25) is 0 Å². The van der Waals surface area contributed by atoms with E-state index in [2.05, 4.69) is 31.1 Å². The van der Waals surface area contributed by atoms with Crippen LogP contribution in [0.3, 0.4) is 0 Å². The van der Waals surface area contributed by atoms with Crippen molar-refractivity contribution in [3.8, 4) is 11.1 Å². The average molecular weight is 342 g/mol. The van der Waals surface area contributed by atoms with Gasteiger partial charge in [-0.2, -0.15) is 5.10 Å². The van der Waals surface area contributed by atoms with Gasteiger partial charge in [-0.25, -0.2) is 13.2 Å². The molecule has 0 unspecified atom stereocenters. The van der Waals surface area contributed by atoms with Gasteiger partial charge < -0.3 is 0 Å². The molecule has 1 aromatic carbocycles. The Morgan fingerprint density at radius 3 is 2.70 bits per heavy atom. The summed E-state index contributed by atoms with van der Waals surface area (Å²) in [5.74, 6) is -0.916. The van der Waals surface area contributed by atoms with Gasteiger partial charge in [0.25, 0.3) is 6.43 Å². The van der Waals surface area contributed by atoms with Crippen LogP contribution in [0.15, 0.2) is 35.1 Å². The summed E-state index contributed by atoms with van der Waals surface area (Å²) < 4.78 is 39.3. The van der Waals surface area contributed by atoms with Gasteiger partial charge in [0.2, 0.25) is 0 Å². The monoisotopic (exact) mass is 341 g/mol. The number of benzene rings is 1. The van der Waals surface area contributed by atoms with Crippen LogP contribution < -0.4 is 0 Å². The molecule has 3 rings (SSSR count). The molecule has 2 heterocycles. The first-order valence-electron chi connectivity index (χ1n) is 5.64. The molecule has 3 aromatic rings. The van der Waals surface area contributed by atoms with Crippen LogP contribution in [-0.4, -0.2) is 15.2 Å². The lowest BCUT2D eigenvalue weighted by Crippen LogP contribution is -1.92. The summed E-state index contributed by atoms with van der Waals surface area (Å²) in [6, 6.07) is 5.30. The van der Waals surface area contributed by atoms with Crippen molar-refractivity contribution < 1.29 is 13.2 Å². The zero-order chi connectivity index (χ0) is 14.3. The summed E-state index contributed by atoms with van der Waals surface area (Å²) in [6.45, 7) is 0. The van der Waals surface area contributed by atoms with Crippen molar-refractivity contribution in [1.29, 1.82) is 0 Å². The molecule has 1 N–H and O–H groups in total. The number of nitrogens with zero attached hydrogens (tertiary/aromatic N) is 2. The molecule has 0 aliphatic heterocycles. The zero-order valence-corrected chi connectivity index (χ0v) is 11.5. The number of hydrogen-bond donors (Lipinski definition) is 1. The number of hydrogen-bond acceptors (Lipinski definition) is 2. The fourth-order valence-corrected chi connectivity index (χ4v) is 2.31. The maximum absolute atomic E-state index is 13.3. The number of rotatable bonds is 2. The van der Waals surface area contributed by atoms with Gasteiger partial charge in [-0.15, -0.1) is 0 Å². The molecule has 0 aliphatic rings. The smallest absolute Gasteiger partial charge is 0.266 e. The molecule has 2 aromatic heterocycles. The molecule has 0 bridgehead atoms. The minimum atomic E-state index is -2.86. The van der Waals surface area contributed by atoms with Crippen molar-refractivity contribution in [3.05, 3.63) is 46.4 Å². The maximum Gasteiger partial charge on any atom is 0.266 e. The van der Waals surface area contributed by atoms with Crippen molar-refractivity contribution in [1.82, 2.24) is 15.2 Å². The summed E-state index contributed by atoms with van der Waals surface area (Å²) in [5, 5.41) is 6.74. The molecule has 0 saturated heterocycles. The highest BCUT2D eigenvalue weighted by Gasteiger charge is 2.15. The number of aromatic amines is 1. The Bertz CT molecular complexity index is 786. The third kappa shape index (κ3) is 2.18. The topological polar surface area (TPSA) is 41.6 Å². The van der Waals surface area contributed by atoms with E-state index in [1.165, 1.54) is 12.3 Å². The van der Waals surface area contributed by atoms with Gasteiger partial charge >= 0.3 is 0 Å². The quantitative estimate of drug-likeness (QED) is 0.747. The van der Waals surface area contributed by atoms with Gasteiger partial charge in [0.1, 0.15) is 21.5 Å². The van der Waals surface area contributed by atoms with Crippen molar-refractivity contribution in [2.75, 3.05) is 0 Å². The predicted octanol–water partition coefficient (Wildman–Crippen LogP) is 4.46. The standard InChI is InChI=1S/C13H7BrF3N3/c14-12-11-10(19-20-12)4-7(5-18-11)6-1-2-9(15)8(3-6)13(16)17/h1-5,13H,(H,19,20). The van der Waals surface area contributed by atoms with Gasteiger partial charge in [0.05, 0.1) is 5.56 Å². The number of aromatic nitrogens is 3. The third-order valence-electron chi connectivity index (χ3n) is 2.91. The highest BCUT2D eigenvalue weighted by atomic mass is 79.9. The average Bonchev–Trinajstić information content (AvgIpc) is 2.80. The largest absolute Gasteiger partial charge is 0.269 e. The molecule has 7 heteroatoms. The normalized spacial score (nSPS) is 11.4. The molecule has 0 fully saturated rings. The van der Waals surface area contributed by atoms with Gasteiger partial charge in [0.15, 0.2) is 0 Å². The van der Waals surface area contributed by atoms with Crippen LogP contribution >= 0.6 is 15.9 Å². The summed E-state index contributed by atoms with van der Waals surface area (Å²) in [5.41, 5.74) is 1.68.